The van der Waals surface area contributed by atoms with Crippen molar-refractivity contribution in [2.75, 3.05) is 24.6 Å². The Hall–Kier alpha value is -1.13. The van der Waals surface area contributed by atoms with Gasteiger partial charge in [-0.05, 0) is 42.4 Å². The number of fused-ring (bicyclic) bond motifs is 1. The third-order valence-corrected chi connectivity index (χ3v) is 4.41. The minimum absolute atomic E-state index is 0.307. The highest BCUT2D eigenvalue weighted by atomic mass is 32.1. The van der Waals surface area contributed by atoms with Crippen molar-refractivity contribution in [2.45, 2.75) is 12.8 Å². The van der Waals surface area contributed by atoms with Crippen LogP contribution in [0.1, 0.15) is 12.8 Å². The van der Waals surface area contributed by atoms with Crippen LogP contribution >= 0.6 is 11.5 Å². The van der Waals surface area contributed by atoms with Gasteiger partial charge < -0.3 is 10.0 Å². The number of rotatable bonds is 3. The second kappa shape index (κ2) is 4.63. The van der Waals surface area contributed by atoms with Crippen molar-refractivity contribution >= 4 is 27.4 Å². The number of aromatic nitrogens is 1. The van der Waals surface area contributed by atoms with Gasteiger partial charge in [0.1, 0.15) is 5.00 Å². The van der Waals surface area contributed by atoms with E-state index in [4.69, 9.17) is 5.11 Å². The summed E-state index contributed by atoms with van der Waals surface area (Å²) >= 11 is 1.59. The predicted octanol–water partition coefficient (Wildman–Crippen LogP) is 2.51. The van der Waals surface area contributed by atoms with Crippen molar-refractivity contribution in [2.24, 2.45) is 5.92 Å². The van der Waals surface area contributed by atoms with E-state index in [0.29, 0.717) is 12.5 Å². The number of aliphatic hydroxyl groups excluding tert-OH is 1. The summed E-state index contributed by atoms with van der Waals surface area (Å²) in [5.41, 5.74) is 1.10. The highest BCUT2D eigenvalue weighted by Crippen LogP contribution is 2.34. The molecule has 1 aromatic heterocycles. The fourth-order valence-corrected chi connectivity index (χ4v) is 3.44. The van der Waals surface area contributed by atoms with E-state index in [2.05, 4.69) is 27.5 Å². The average Bonchev–Trinajstić information content (AvgIpc) is 2.95. The number of nitrogens with zero attached hydrogens (tertiary/aromatic N) is 2. The molecule has 2 aromatic rings. The highest BCUT2D eigenvalue weighted by molar-refractivity contribution is 7.11. The Balaban J connectivity index is 1.85. The summed E-state index contributed by atoms with van der Waals surface area (Å²) in [4.78, 5) is 2.42. The monoisotopic (exact) mass is 248 g/mol. The lowest BCUT2D eigenvalue weighted by Gasteiger charge is -2.16. The van der Waals surface area contributed by atoms with Gasteiger partial charge >= 0.3 is 0 Å². The number of benzene rings is 1. The Labute approximate surface area is 105 Å². The summed E-state index contributed by atoms with van der Waals surface area (Å²) < 4.78 is 4.48. The van der Waals surface area contributed by atoms with E-state index in [1.165, 1.54) is 16.8 Å². The Kier molecular flexibility index (Phi) is 2.99. The maximum atomic E-state index is 8.99. The maximum absolute atomic E-state index is 8.99. The van der Waals surface area contributed by atoms with Gasteiger partial charge in [-0.1, -0.05) is 12.1 Å². The van der Waals surface area contributed by atoms with Gasteiger partial charge in [-0.25, -0.2) is 0 Å². The molecule has 17 heavy (non-hydrogen) atoms. The molecule has 1 saturated heterocycles. The molecule has 3 nitrogen and oxygen atoms in total. The average molecular weight is 248 g/mol. The van der Waals surface area contributed by atoms with E-state index in [1.54, 1.807) is 11.5 Å². The van der Waals surface area contributed by atoms with E-state index >= 15 is 0 Å². The maximum Gasteiger partial charge on any atom is 0.119 e. The smallest absolute Gasteiger partial charge is 0.119 e. The van der Waals surface area contributed by atoms with Crippen molar-refractivity contribution in [3.05, 3.63) is 24.3 Å². The van der Waals surface area contributed by atoms with Crippen molar-refractivity contribution in [1.29, 1.82) is 0 Å². The van der Waals surface area contributed by atoms with Gasteiger partial charge in [-0.2, -0.15) is 4.37 Å². The summed E-state index contributed by atoms with van der Waals surface area (Å²) in [6, 6.07) is 8.32. The molecule has 1 fully saturated rings. The third-order valence-electron chi connectivity index (χ3n) is 3.48. The Morgan fingerprint density at radius 2 is 2.29 bits per heavy atom. The van der Waals surface area contributed by atoms with Gasteiger partial charge in [-0.15, -0.1) is 0 Å². The molecular weight excluding hydrogens is 232 g/mol. The molecule has 1 aromatic carbocycles. The molecular formula is C13H16N2OS. The van der Waals surface area contributed by atoms with Crippen LogP contribution in [-0.4, -0.2) is 29.2 Å². The first-order valence-corrected chi connectivity index (χ1v) is 6.86. The van der Waals surface area contributed by atoms with Gasteiger partial charge in [0.25, 0.3) is 0 Å². The predicted molar refractivity (Wildman–Crippen MR) is 71.6 cm³/mol. The summed E-state index contributed by atoms with van der Waals surface area (Å²) in [6.45, 7) is 2.46. The van der Waals surface area contributed by atoms with E-state index in [0.717, 1.165) is 25.0 Å². The second-order valence-corrected chi connectivity index (χ2v) is 5.37. The molecule has 4 heteroatoms. The number of anilines is 1. The second-order valence-electron chi connectivity index (χ2n) is 4.62. The molecule has 0 bridgehead atoms. The minimum atomic E-state index is 0.307. The van der Waals surface area contributed by atoms with Crippen LogP contribution < -0.4 is 4.90 Å². The molecule has 0 radical (unpaired) electrons. The van der Waals surface area contributed by atoms with Crippen LogP contribution in [-0.2, 0) is 0 Å². The molecule has 1 aliphatic rings. The van der Waals surface area contributed by atoms with Crippen LogP contribution in [0, 0.1) is 5.92 Å². The van der Waals surface area contributed by atoms with Crippen molar-refractivity contribution in [3.63, 3.8) is 0 Å². The van der Waals surface area contributed by atoms with Gasteiger partial charge in [0, 0.05) is 25.1 Å². The SMILES string of the molecule is OCCC1CCN(c2snc3ccccc23)C1. The number of hydrogen-bond donors (Lipinski definition) is 1. The molecule has 90 valence electrons. The van der Waals surface area contributed by atoms with Gasteiger partial charge in [-0.3, -0.25) is 0 Å². The zero-order chi connectivity index (χ0) is 11.7. The Morgan fingerprint density at radius 3 is 3.18 bits per heavy atom. The van der Waals surface area contributed by atoms with Crippen molar-refractivity contribution in [1.82, 2.24) is 4.37 Å². The molecule has 1 unspecified atom stereocenters. The quantitative estimate of drug-likeness (QED) is 0.906. The molecule has 1 aliphatic heterocycles. The van der Waals surface area contributed by atoms with E-state index in [-0.39, 0.29) is 0 Å². The van der Waals surface area contributed by atoms with Crippen molar-refractivity contribution in [3.8, 4) is 0 Å². The topological polar surface area (TPSA) is 36.4 Å². The minimum Gasteiger partial charge on any atom is -0.396 e. The van der Waals surface area contributed by atoms with Crippen molar-refractivity contribution < 1.29 is 5.11 Å². The Bertz CT molecular complexity index is 511. The zero-order valence-corrected chi connectivity index (χ0v) is 10.5. The van der Waals surface area contributed by atoms with E-state index < -0.39 is 0 Å². The van der Waals surface area contributed by atoms with Crippen LogP contribution in [0.4, 0.5) is 5.00 Å². The van der Waals surface area contributed by atoms with E-state index in [1.807, 2.05) is 6.07 Å². The van der Waals surface area contributed by atoms with Crippen LogP contribution in [0.25, 0.3) is 10.9 Å². The summed E-state index contributed by atoms with van der Waals surface area (Å²) in [5, 5.41) is 11.5. The molecule has 1 atom stereocenters. The fraction of sp³-hybridized carbons (Fsp3) is 0.462. The lowest BCUT2D eigenvalue weighted by molar-refractivity contribution is 0.263. The first kappa shape index (κ1) is 11.0. The summed E-state index contributed by atoms with van der Waals surface area (Å²) in [6.07, 6.45) is 2.11. The molecule has 3 rings (SSSR count). The normalized spacial score (nSPS) is 20.3. The van der Waals surface area contributed by atoms with Gasteiger partial charge in [0.15, 0.2) is 0 Å². The van der Waals surface area contributed by atoms with Crippen LogP contribution in [0.2, 0.25) is 0 Å². The molecule has 2 heterocycles. The summed E-state index contributed by atoms with van der Waals surface area (Å²) in [5.74, 6) is 0.640. The summed E-state index contributed by atoms with van der Waals surface area (Å²) in [7, 11) is 0. The number of aliphatic hydroxyl groups is 1. The lowest BCUT2D eigenvalue weighted by atomic mass is 10.1. The molecule has 0 amide bonds. The number of hydrogen-bond acceptors (Lipinski definition) is 4. The van der Waals surface area contributed by atoms with E-state index in [9.17, 15) is 0 Å². The lowest BCUT2D eigenvalue weighted by Crippen LogP contribution is -2.18. The first-order valence-electron chi connectivity index (χ1n) is 6.08. The molecule has 0 spiro atoms. The fourth-order valence-electron chi connectivity index (χ4n) is 2.54. The zero-order valence-electron chi connectivity index (χ0n) is 9.67. The molecule has 0 saturated carbocycles. The van der Waals surface area contributed by atoms with Crippen LogP contribution in [0.5, 0.6) is 0 Å². The highest BCUT2D eigenvalue weighted by Gasteiger charge is 2.24. The molecule has 0 aliphatic carbocycles. The first-order chi connectivity index (χ1) is 8.38. The standard InChI is InChI=1S/C13H16N2OS/c16-8-6-10-5-7-15(9-10)13-11-3-1-2-4-12(11)14-17-13/h1-4,10,16H,5-9H2. The third kappa shape index (κ3) is 2.03. The van der Waals surface area contributed by atoms with Gasteiger partial charge in [0.2, 0.25) is 0 Å². The largest absolute Gasteiger partial charge is 0.396 e. The molecule has 1 N–H and O–H groups in total. The Morgan fingerprint density at radius 1 is 1.41 bits per heavy atom. The van der Waals surface area contributed by atoms with Crippen LogP contribution in [0.3, 0.4) is 0 Å². The van der Waals surface area contributed by atoms with Crippen LogP contribution in [0.15, 0.2) is 24.3 Å². The van der Waals surface area contributed by atoms with Gasteiger partial charge in [0.05, 0.1) is 5.52 Å².